The minimum absolute atomic E-state index is 0.0288. The minimum atomic E-state index is -3.14. The lowest BCUT2D eigenvalue weighted by Crippen LogP contribution is -2.29. The van der Waals surface area contributed by atoms with Crippen LogP contribution >= 0.6 is 7.72 Å². The maximum atomic E-state index is 12.3. The first kappa shape index (κ1) is 21.4. The highest BCUT2D eigenvalue weighted by molar-refractivity contribution is 7.65. The van der Waals surface area contributed by atoms with E-state index in [1.165, 1.54) is 6.42 Å². The molecule has 7 heteroatoms. The first-order valence-corrected chi connectivity index (χ1v) is 12.3. The Bertz CT molecular complexity index is 689. The molecule has 0 aromatic heterocycles. The van der Waals surface area contributed by atoms with Gasteiger partial charge < -0.3 is 5.32 Å². The zero-order valence-electron chi connectivity index (χ0n) is 16.6. The van der Waals surface area contributed by atoms with Crippen LogP contribution in [0.4, 0.5) is 5.69 Å². The lowest BCUT2D eigenvalue weighted by Gasteiger charge is -2.23. The molecular weight excluding hydrogens is 375 g/mol. The van der Waals surface area contributed by atoms with Crippen LogP contribution in [0.2, 0.25) is 0 Å². The van der Waals surface area contributed by atoms with E-state index in [0.29, 0.717) is 18.7 Å². The van der Waals surface area contributed by atoms with Gasteiger partial charge in [0, 0.05) is 12.2 Å². The number of carbonyl (C=O) groups is 1. The number of anilines is 1. The van der Waals surface area contributed by atoms with Gasteiger partial charge in [-0.25, -0.2) is 14.9 Å². The van der Waals surface area contributed by atoms with Crippen LogP contribution in [0.1, 0.15) is 50.6 Å². The number of benzene rings is 1. The summed E-state index contributed by atoms with van der Waals surface area (Å²) in [5.74, 6) is 0.226. The number of hydroxylamine groups is 1. The van der Waals surface area contributed by atoms with Crippen molar-refractivity contribution in [3.05, 3.63) is 42.1 Å². The Labute approximate surface area is 168 Å². The maximum Gasteiger partial charge on any atom is 0.275 e. The normalized spacial score (nSPS) is 19.2. The molecule has 3 N–H and O–H groups in total. The average Bonchev–Trinajstić information content (AvgIpc) is 3.21. The van der Waals surface area contributed by atoms with Gasteiger partial charge in [0.05, 0.1) is 18.8 Å². The highest BCUT2D eigenvalue weighted by atomic mass is 31.2. The minimum Gasteiger partial charge on any atom is -0.303 e. The predicted molar refractivity (Wildman–Crippen MR) is 113 cm³/mol. The molecule has 3 rings (SSSR count). The van der Waals surface area contributed by atoms with Crippen molar-refractivity contribution in [2.75, 3.05) is 30.5 Å². The molecular formula is C21H32N2O4P+. The third-order valence-electron chi connectivity index (χ3n) is 5.49. The molecule has 1 saturated carbocycles. The Morgan fingerprint density at radius 1 is 1.32 bits per heavy atom. The zero-order chi connectivity index (χ0) is 20.0. The van der Waals surface area contributed by atoms with Crippen LogP contribution in [0.3, 0.4) is 0 Å². The van der Waals surface area contributed by atoms with E-state index >= 15 is 0 Å². The van der Waals surface area contributed by atoms with Crippen LogP contribution in [0.15, 0.2) is 36.5 Å². The van der Waals surface area contributed by atoms with Crippen LogP contribution in [-0.2, 0) is 9.63 Å². The van der Waals surface area contributed by atoms with Crippen LogP contribution in [0.5, 0.6) is 0 Å². The molecule has 1 aliphatic heterocycles. The molecule has 1 fully saturated rings. The lowest BCUT2D eigenvalue weighted by atomic mass is 9.91. The molecule has 1 unspecified atom stereocenters. The Kier molecular flexibility index (Phi) is 7.61. The summed E-state index contributed by atoms with van der Waals surface area (Å²) >= 11 is 0. The van der Waals surface area contributed by atoms with Crippen molar-refractivity contribution in [2.24, 2.45) is 5.92 Å². The smallest absolute Gasteiger partial charge is 0.275 e. The molecule has 1 heterocycles. The summed E-state index contributed by atoms with van der Waals surface area (Å²) in [5, 5.41) is 4.94. The van der Waals surface area contributed by atoms with Gasteiger partial charge >= 0.3 is 0 Å². The quantitative estimate of drug-likeness (QED) is 0.543. The molecule has 154 valence electrons. The van der Waals surface area contributed by atoms with Gasteiger partial charge in [0.15, 0.2) is 11.9 Å². The highest BCUT2D eigenvalue weighted by Gasteiger charge is 2.39. The molecule has 6 nitrogen and oxygen atoms in total. The summed E-state index contributed by atoms with van der Waals surface area (Å²) in [6.45, 7) is 2.70. The highest BCUT2D eigenvalue weighted by Crippen LogP contribution is 2.53. The molecule has 1 aromatic rings. The Morgan fingerprint density at radius 3 is 2.82 bits per heavy atom. The molecule has 1 atom stereocenters. The Balaban J connectivity index is 1.47. The number of hydrogen-bond donors (Lipinski definition) is 3. The number of ketones is 1. The van der Waals surface area contributed by atoms with Crippen LogP contribution in [0, 0.1) is 5.92 Å². The van der Waals surface area contributed by atoms with E-state index in [0.717, 1.165) is 36.9 Å². The van der Waals surface area contributed by atoms with E-state index in [2.05, 4.69) is 5.32 Å². The monoisotopic (exact) mass is 407 g/mol. The summed E-state index contributed by atoms with van der Waals surface area (Å²) in [5.41, 5.74) is 1.99. The molecule has 2 aliphatic rings. The molecule has 0 amide bonds. The van der Waals surface area contributed by atoms with E-state index in [1.54, 1.807) is 5.06 Å². The predicted octanol–water partition coefficient (Wildman–Crippen LogP) is 3.58. The molecule has 1 aliphatic carbocycles. The summed E-state index contributed by atoms with van der Waals surface area (Å²) in [6.07, 6.45) is 9.79. The number of carbonyl (C=O) groups excluding carboxylic acids is 1. The van der Waals surface area contributed by atoms with E-state index < -0.39 is 7.72 Å². The van der Waals surface area contributed by atoms with Crippen molar-refractivity contribution in [2.45, 2.75) is 45.1 Å². The summed E-state index contributed by atoms with van der Waals surface area (Å²) < 4.78 is 0. The average molecular weight is 407 g/mol. The Hall–Kier alpha value is -1.30. The number of rotatable bonds is 9. The number of Topliss-reactive ketones (excluding diaryl/α,β-unsaturated/α-hetero) is 1. The lowest BCUT2D eigenvalue weighted by molar-refractivity contribution is -0.116. The SMILES string of the molecule is CC(NCC(=O)C[P+](O)(O)CC1CCCCC1)c1cccc(N2C=CCO2)c1. The first-order chi connectivity index (χ1) is 13.4. The second kappa shape index (κ2) is 9.95. The fraction of sp³-hybridized carbons (Fsp3) is 0.571. The standard InChI is InChI=1S/C21H32N2O4P/c1-17(19-9-5-10-20(13-19)23-11-6-12-27-23)22-14-21(24)16-28(25,26)15-18-7-3-2-4-8-18/h5-6,9-11,13,17-18,22,25-26H,2-4,7-8,12,14-16H2,1H3/q+1. The van der Waals surface area contributed by atoms with Crippen LogP contribution < -0.4 is 10.4 Å². The van der Waals surface area contributed by atoms with Gasteiger partial charge in [0.2, 0.25) is 0 Å². The fourth-order valence-corrected chi connectivity index (χ4v) is 5.97. The second-order valence-electron chi connectivity index (χ2n) is 7.97. The number of hydrogen-bond acceptors (Lipinski definition) is 6. The fourth-order valence-electron chi connectivity index (χ4n) is 3.97. The largest absolute Gasteiger partial charge is 0.303 e. The molecule has 28 heavy (non-hydrogen) atoms. The van der Waals surface area contributed by atoms with Gasteiger partial charge in [0.1, 0.15) is 6.16 Å². The first-order valence-electron chi connectivity index (χ1n) is 10.2. The summed E-state index contributed by atoms with van der Waals surface area (Å²) in [7, 11) is -3.14. The van der Waals surface area contributed by atoms with E-state index in [-0.39, 0.29) is 24.5 Å². The van der Waals surface area contributed by atoms with Crippen LogP contribution in [-0.4, -0.2) is 41.0 Å². The van der Waals surface area contributed by atoms with Gasteiger partial charge in [-0.3, -0.25) is 9.63 Å². The molecule has 0 radical (unpaired) electrons. The third-order valence-corrected chi connectivity index (χ3v) is 7.45. The van der Waals surface area contributed by atoms with Crippen molar-refractivity contribution < 1.29 is 19.4 Å². The van der Waals surface area contributed by atoms with E-state index in [4.69, 9.17) is 4.84 Å². The van der Waals surface area contributed by atoms with Crippen molar-refractivity contribution in [1.29, 1.82) is 0 Å². The van der Waals surface area contributed by atoms with Crippen molar-refractivity contribution in [3.63, 3.8) is 0 Å². The van der Waals surface area contributed by atoms with Crippen LogP contribution in [0.25, 0.3) is 0 Å². The summed E-state index contributed by atoms with van der Waals surface area (Å²) in [4.78, 5) is 38.5. The van der Waals surface area contributed by atoms with Crippen molar-refractivity contribution in [3.8, 4) is 0 Å². The molecule has 0 bridgehead atoms. The molecule has 1 aromatic carbocycles. The number of nitrogens with zero attached hydrogens (tertiary/aromatic N) is 1. The van der Waals surface area contributed by atoms with Gasteiger partial charge in [-0.15, -0.1) is 0 Å². The summed E-state index contributed by atoms with van der Waals surface area (Å²) in [6, 6.07) is 7.93. The van der Waals surface area contributed by atoms with Gasteiger partial charge in [-0.1, -0.05) is 31.4 Å². The maximum absolute atomic E-state index is 12.3. The van der Waals surface area contributed by atoms with Gasteiger partial charge in [-0.05, 0) is 49.5 Å². The van der Waals surface area contributed by atoms with Gasteiger partial charge in [-0.2, -0.15) is 0 Å². The molecule has 0 saturated heterocycles. The van der Waals surface area contributed by atoms with Crippen molar-refractivity contribution in [1.82, 2.24) is 5.32 Å². The second-order valence-corrected chi connectivity index (χ2v) is 10.4. The molecule has 0 spiro atoms. The van der Waals surface area contributed by atoms with Crippen molar-refractivity contribution >= 4 is 19.2 Å². The van der Waals surface area contributed by atoms with Gasteiger partial charge in [0.25, 0.3) is 7.72 Å². The third kappa shape index (κ3) is 6.36. The van der Waals surface area contributed by atoms with E-state index in [1.807, 2.05) is 43.5 Å². The topological polar surface area (TPSA) is 82.0 Å². The van der Waals surface area contributed by atoms with E-state index in [9.17, 15) is 14.6 Å². The number of nitrogens with one attached hydrogen (secondary N) is 1. The zero-order valence-corrected chi connectivity index (χ0v) is 17.5. The Morgan fingerprint density at radius 2 is 2.11 bits per heavy atom.